The molecule has 1 heterocycles. The van der Waals surface area contributed by atoms with E-state index in [0.29, 0.717) is 0 Å². The minimum Gasteiger partial charge on any atom is -0.320 e. The molecule has 0 saturated heterocycles. The second-order valence-electron chi connectivity index (χ2n) is 3.71. The molecule has 1 aliphatic carbocycles. The van der Waals surface area contributed by atoms with Crippen molar-refractivity contribution in [3.8, 4) is 0 Å². The van der Waals surface area contributed by atoms with Crippen LogP contribution in [0, 0.1) is 0 Å². The summed E-state index contributed by atoms with van der Waals surface area (Å²) in [4.78, 5) is 0. The molecule has 1 aromatic rings. The van der Waals surface area contributed by atoms with Crippen molar-refractivity contribution in [2.75, 3.05) is 0 Å². The summed E-state index contributed by atoms with van der Waals surface area (Å²) in [5, 5.41) is 8.00. The molecule has 2 N–H and O–H groups in total. The minimum atomic E-state index is -0.207. The van der Waals surface area contributed by atoms with Gasteiger partial charge in [0.1, 0.15) is 5.69 Å². The van der Waals surface area contributed by atoms with E-state index in [-0.39, 0.29) is 5.54 Å². The number of nitrogens with zero attached hydrogens (tertiary/aromatic N) is 3. The van der Waals surface area contributed by atoms with Crippen molar-refractivity contribution in [2.24, 2.45) is 5.73 Å². The molecule has 1 fully saturated rings. The molecule has 72 valence electrons. The van der Waals surface area contributed by atoms with Crippen LogP contribution in [0.3, 0.4) is 0 Å². The van der Waals surface area contributed by atoms with Crippen LogP contribution in [0.25, 0.3) is 0 Å². The summed E-state index contributed by atoms with van der Waals surface area (Å²) < 4.78 is 1.69. The average Bonchev–Trinajstić information content (AvgIpc) is 2.54. The average molecular weight is 292 g/mol. The zero-order chi connectivity index (χ0) is 9.31. The highest BCUT2D eigenvalue weighted by molar-refractivity contribution is 14.1. The number of halogens is 1. The Labute approximate surface area is 91.4 Å². The van der Waals surface area contributed by atoms with Crippen LogP contribution < -0.4 is 5.73 Å². The van der Waals surface area contributed by atoms with Crippen LogP contribution in [-0.2, 0) is 5.54 Å². The molecule has 5 heteroatoms. The summed E-state index contributed by atoms with van der Waals surface area (Å²) in [5.41, 5.74) is 7.01. The molecule has 0 amide bonds. The van der Waals surface area contributed by atoms with E-state index in [4.69, 9.17) is 5.73 Å². The van der Waals surface area contributed by atoms with Gasteiger partial charge in [-0.3, -0.25) is 0 Å². The summed E-state index contributed by atoms with van der Waals surface area (Å²) in [7, 11) is 0. The molecular formula is C8H13IN4. The van der Waals surface area contributed by atoms with Gasteiger partial charge in [-0.1, -0.05) is 24.5 Å². The van der Waals surface area contributed by atoms with E-state index >= 15 is 0 Å². The van der Waals surface area contributed by atoms with Gasteiger partial charge in [-0.2, -0.15) is 2.90 Å². The fourth-order valence-corrected chi connectivity index (χ4v) is 2.27. The van der Waals surface area contributed by atoms with Crippen LogP contribution >= 0.6 is 22.9 Å². The standard InChI is InChI=1S/C8H13IN4/c9-13-6-7(11-12-13)8(10)4-2-1-3-5-8/h6H,1-5,10H2. The van der Waals surface area contributed by atoms with Crippen LogP contribution in [-0.4, -0.2) is 13.2 Å². The third-order valence-electron chi connectivity index (χ3n) is 2.72. The summed E-state index contributed by atoms with van der Waals surface area (Å²) in [6.45, 7) is 0. The van der Waals surface area contributed by atoms with Crippen LogP contribution in [0.2, 0.25) is 0 Å². The Bertz CT molecular complexity index is 290. The summed E-state index contributed by atoms with van der Waals surface area (Å²) >= 11 is 2.09. The predicted molar refractivity (Wildman–Crippen MR) is 58.4 cm³/mol. The third-order valence-corrected chi connectivity index (χ3v) is 3.19. The minimum absolute atomic E-state index is 0.207. The van der Waals surface area contributed by atoms with Gasteiger partial charge in [0.25, 0.3) is 0 Å². The van der Waals surface area contributed by atoms with Crippen LogP contribution in [0.1, 0.15) is 37.8 Å². The van der Waals surface area contributed by atoms with Gasteiger partial charge in [0.2, 0.25) is 0 Å². The molecule has 2 rings (SSSR count). The topological polar surface area (TPSA) is 56.7 Å². The Morgan fingerprint density at radius 3 is 2.62 bits per heavy atom. The zero-order valence-corrected chi connectivity index (χ0v) is 9.57. The first kappa shape index (κ1) is 9.39. The molecular weight excluding hydrogens is 279 g/mol. The highest BCUT2D eigenvalue weighted by Gasteiger charge is 2.31. The first-order valence-corrected chi connectivity index (χ1v) is 5.55. The maximum absolute atomic E-state index is 6.27. The Morgan fingerprint density at radius 2 is 2.08 bits per heavy atom. The molecule has 4 nitrogen and oxygen atoms in total. The molecule has 0 aromatic carbocycles. The van der Waals surface area contributed by atoms with Gasteiger partial charge >= 0.3 is 0 Å². The van der Waals surface area contributed by atoms with Crippen molar-refractivity contribution >= 4 is 22.9 Å². The number of rotatable bonds is 1. The Kier molecular flexibility index (Phi) is 2.55. The lowest BCUT2D eigenvalue weighted by Gasteiger charge is -2.30. The van der Waals surface area contributed by atoms with Gasteiger partial charge in [0, 0.05) is 0 Å². The van der Waals surface area contributed by atoms with Crippen molar-refractivity contribution in [1.29, 1.82) is 0 Å². The smallest absolute Gasteiger partial charge is 0.103 e. The van der Waals surface area contributed by atoms with E-state index in [9.17, 15) is 0 Å². The number of hydrogen-bond acceptors (Lipinski definition) is 3. The van der Waals surface area contributed by atoms with Gasteiger partial charge in [-0.15, -0.1) is 5.10 Å². The highest BCUT2D eigenvalue weighted by atomic mass is 127. The molecule has 0 unspecified atom stereocenters. The molecule has 0 bridgehead atoms. The van der Waals surface area contributed by atoms with E-state index in [0.717, 1.165) is 18.5 Å². The first-order chi connectivity index (χ1) is 6.21. The van der Waals surface area contributed by atoms with Gasteiger partial charge in [0.15, 0.2) is 0 Å². The normalized spacial score (nSPS) is 21.7. The number of aromatic nitrogens is 3. The van der Waals surface area contributed by atoms with Crippen molar-refractivity contribution in [1.82, 2.24) is 13.2 Å². The van der Waals surface area contributed by atoms with Gasteiger partial charge in [0.05, 0.1) is 34.6 Å². The van der Waals surface area contributed by atoms with Gasteiger partial charge < -0.3 is 5.73 Å². The molecule has 1 aliphatic rings. The first-order valence-electron chi connectivity index (χ1n) is 4.59. The van der Waals surface area contributed by atoms with E-state index in [1.54, 1.807) is 2.90 Å². The summed E-state index contributed by atoms with van der Waals surface area (Å²) in [6.07, 6.45) is 7.74. The van der Waals surface area contributed by atoms with E-state index in [1.165, 1.54) is 19.3 Å². The van der Waals surface area contributed by atoms with Crippen molar-refractivity contribution in [3.05, 3.63) is 11.9 Å². The van der Waals surface area contributed by atoms with Gasteiger partial charge in [-0.05, 0) is 12.8 Å². The van der Waals surface area contributed by atoms with E-state index in [2.05, 4.69) is 33.2 Å². The molecule has 0 spiro atoms. The second kappa shape index (κ2) is 3.53. The lowest BCUT2D eigenvalue weighted by atomic mass is 9.80. The number of hydrogen-bond donors (Lipinski definition) is 1. The van der Waals surface area contributed by atoms with Crippen molar-refractivity contribution in [2.45, 2.75) is 37.6 Å². The molecule has 1 aromatic heterocycles. The molecule has 0 radical (unpaired) electrons. The fourth-order valence-electron chi connectivity index (χ4n) is 1.91. The number of nitrogens with two attached hydrogens (primary N) is 1. The Hall–Kier alpha value is -0.170. The van der Waals surface area contributed by atoms with Gasteiger partial charge in [-0.25, -0.2) is 0 Å². The predicted octanol–water partition coefficient (Wildman–Crippen LogP) is 1.59. The highest BCUT2D eigenvalue weighted by Crippen LogP contribution is 2.33. The molecule has 0 aliphatic heterocycles. The zero-order valence-electron chi connectivity index (χ0n) is 7.41. The summed E-state index contributed by atoms with van der Waals surface area (Å²) in [5.74, 6) is 0. The molecule has 1 saturated carbocycles. The fraction of sp³-hybridized carbons (Fsp3) is 0.750. The molecule has 13 heavy (non-hydrogen) atoms. The van der Waals surface area contributed by atoms with Crippen LogP contribution in [0.4, 0.5) is 0 Å². The summed E-state index contributed by atoms with van der Waals surface area (Å²) in [6, 6.07) is 0. The van der Waals surface area contributed by atoms with Crippen molar-refractivity contribution in [3.63, 3.8) is 0 Å². The SMILES string of the molecule is NC1(c2cn(I)nn2)CCCCC1. The van der Waals surface area contributed by atoms with E-state index < -0.39 is 0 Å². The largest absolute Gasteiger partial charge is 0.320 e. The third kappa shape index (κ3) is 1.85. The second-order valence-corrected chi connectivity index (χ2v) is 4.70. The van der Waals surface area contributed by atoms with Crippen LogP contribution in [0.5, 0.6) is 0 Å². The quantitative estimate of drug-likeness (QED) is 0.800. The lowest BCUT2D eigenvalue weighted by molar-refractivity contribution is 0.295. The Morgan fingerprint density at radius 1 is 1.38 bits per heavy atom. The molecule has 0 atom stereocenters. The maximum Gasteiger partial charge on any atom is 0.103 e. The van der Waals surface area contributed by atoms with E-state index in [1.807, 2.05) is 6.20 Å². The maximum atomic E-state index is 6.27. The van der Waals surface area contributed by atoms with Crippen molar-refractivity contribution < 1.29 is 0 Å². The Balaban J connectivity index is 2.22. The monoisotopic (exact) mass is 292 g/mol. The lowest BCUT2D eigenvalue weighted by Crippen LogP contribution is -2.39. The van der Waals surface area contributed by atoms with Crippen LogP contribution in [0.15, 0.2) is 6.20 Å².